The van der Waals surface area contributed by atoms with Gasteiger partial charge < -0.3 is 22.4 Å². The third-order valence-electron chi connectivity index (χ3n) is 3.54. The molecule has 0 aliphatic rings. The molecule has 24 heavy (non-hydrogen) atoms. The van der Waals surface area contributed by atoms with E-state index in [1.807, 2.05) is 58.9 Å². The average molecular weight is 348 g/mol. The van der Waals surface area contributed by atoms with Crippen LogP contribution in [0.2, 0.25) is 0 Å². The van der Waals surface area contributed by atoms with Crippen LogP contribution in [0.15, 0.2) is 47.9 Å². The van der Waals surface area contributed by atoms with Crippen LogP contribution in [0.5, 0.6) is 0 Å². The van der Waals surface area contributed by atoms with Gasteiger partial charge in [0.2, 0.25) is 0 Å². The molecule has 1 atom stereocenters. The number of imidazole rings is 1. The average Bonchev–Trinajstić information content (AvgIpc) is 2.92. The van der Waals surface area contributed by atoms with Crippen LogP contribution >= 0.6 is 0 Å². The zero-order chi connectivity index (χ0) is 16.5. The summed E-state index contributed by atoms with van der Waals surface area (Å²) >= 11 is 0. The van der Waals surface area contributed by atoms with Gasteiger partial charge in [-0.1, -0.05) is 42.1 Å². The van der Waals surface area contributed by atoms with E-state index in [1.165, 1.54) is 6.21 Å². The maximum Gasteiger partial charge on any atom is 0.305 e. The highest BCUT2D eigenvalue weighted by Gasteiger charge is 2.14. The van der Waals surface area contributed by atoms with Crippen LogP contribution in [0, 0.1) is 11.8 Å². The molecule has 0 saturated carbocycles. The molecule has 2 aromatic rings. The highest BCUT2D eigenvalue weighted by molar-refractivity contribution is 5.72. The Labute approximate surface area is 149 Å². The molecule has 0 radical (unpaired) electrons. The predicted octanol–water partition coefficient (Wildman–Crippen LogP) is -0.681. The first-order chi connectivity index (χ1) is 11.2. The lowest BCUT2D eigenvalue weighted by molar-refractivity contribution is -0.672. The summed E-state index contributed by atoms with van der Waals surface area (Å²) in [5.74, 6) is 7.09. The molecule has 0 amide bonds. The fraction of sp³-hybridized carbons (Fsp3) is 0.333. The first kappa shape index (κ1) is 19.8. The Morgan fingerprint density at radius 3 is 2.79 bits per heavy atom. The molecule has 0 aliphatic heterocycles. The van der Waals surface area contributed by atoms with Gasteiger partial charge in [-0.3, -0.25) is 0 Å². The molecule has 1 aromatic heterocycles. The number of nitrogens with zero attached hydrogens (tertiary/aromatic N) is 3. The summed E-state index contributed by atoms with van der Waals surface area (Å²) in [6.45, 7) is 2.48. The Morgan fingerprint density at radius 2 is 2.12 bits per heavy atom. The molecular formula is C18H22ClN3O2. The Bertz CT molecular complexity index is 702. The molecule has 0 bridgehead atoms. The van der Waals surface area contributed by atoms with Crippen molar-refractivity contribution >= 4 is 6.21 Å². The Balaban J connectivity index is 0.00000288. The van der Waals surface area contributed by atoms with Crippen molar-refractivity contribution < 1.29 is 26.9 Å². The standard InChI is InChI=1S/C18H21N3O2.ClH/c1-3-17(11-7-10-16-8-5-4-6-9-16)23-15-21-13-12-20(2)18(21)14-19-22;/h4-6,8-9,12-14,17H,3,11,15H2,1-2H3;1H. The molecule has 0 spiro atoms. The highest BCUT2D eigenvalue weighted by Crippen LogP contribution is 2.06. The van der Waals surface area contributed by atoms with E-state index in [4.69, 9.17) is 9.94 Å². The van der Waals surface area contributed by atoms with E-state index in [9.17, 15) is 0 Å². The van der Waals surface area contributed by atoms with E-state index < -0.39 is 0 Å². The molecule has 5 nitrogen and oxygen atoms in total. The lowest BCUT2D eigenvalue weighted by atomic mass is 10.2. The van der Waals surface area contributed by atoms with E-state index in [2.05, 4.69) is 23.9 Å². The summed E-state index contributed by atoms with van der Waals surface area (Å²) < 4.78 is 9.66. The van der Waals surface area contributed by atoms with Crippen molar-refractivity contribution in [3.63, 3.8) is 0 Å². The molecule has 0 fully saturated rings. The zero-order valence-corrected chi connectivity index (χ0v) is 14.6. The largest absolute Gasteiger partial charge is 1.00 e. The van der Waals surface area contributed by atoms with Crippen LogP contribution in [0.3, 0.4) is 0 Å². The topological polar surface area (TPSA) is 50.6 Å². The fourth-order valence-electron chi connectivity index (χ4n) is 2.16. The van der Waals surface area contributed by atoms with Gasteiger partial charge in [0, 0.05) is 12.0 Å². The number of benzene rings is 1. The SMILES string of the molecule is CCC(CC#Cc1ccccc1)OCn1cc[n+](C)c1/C=N\O.[Cl-]. The molecule has 2 rings (SSSR count). The number of oxime groups is 1. The van der Waals surface area contributed by atoms with Crippen molar-refractivity contribution in [1.82, 2.24) is 4.57 Å². The summed E-state index contributed by atoms with van der Waals surface area (Å²) in [7, 11) is 1.89. The summed E-state index contributed by atoms with van der Waals surface area (Å²) in [4.78, 5) is 0. The first-order valence-corrected chi connectivity index (χ1v) is 7.62. The van der Waals surface area contributed by atoms with Crippen LogP contribution in [0.1, 0.15) is 31.2 Å². The van der Waals surface area contributed by atoms with Crippen LogP contribution in [0.25, 0.3) is 0 Å². The van der Waals surface area contributed by atoms with Gasteiger partial charge in [-0.15, -0.1) is 0 Å². The number of aromatic nitrogens is 2. The zero-order valence-electron chi connectivity index (χ0n) is 13.9. The Kier molecular flexibility index (Phi) is 8.63. The second kappa shape index (κ2) is 10.5. The minimum absolute atomic E-state index is 0. The van der Waals surface area contributed by atoms with Gasteiger partial charge in [0.05, 0.1) is 13.2 Å². The molecular weight excluding hydrogens is 326 g/mol. The molecule has 1 N–H and O–H groups in total. The summed E-state index contributed by atoms with van der Waals surface area (Å²) in [5.41, 5.74) is 1.02. The Hall–Kier alpha value is -2.29. The monoisotopic (exact) mass is 347 g/mol. The van der Waals surface area contributed by atoms with Crippen LogP contribution in [0.4, 0.5) is 0 Å². The van der Waals surface area contributed by atoms with E-state index >= 15 is 0 Å². The molecule has 0 saturated heterocycles. The van der Waals surface area contributed by atoms with Crippen molar-refractivity contribution in [1.29, 1.82) is 0 Å². The van der Waals surface area contributed by atoms with E-state index in [0.717, 1.165) is 17.8 Å². The number of hydrogen-bond acceptors (Lipinski definition) is 3. The van der Waals surface area contributed by atoms with Gasteiger partial charge in [-0.25, -0.2) is 9.13 Å². The van der Waals surface area contributed by atoms with Gasteiger partial charge >= 0.3 is 5.82 Å². The van der Waals surface area contributed by atoms with E-state index in [1.54, 1.807) is 0 Å². The van der Waals surface area contributed by atoms with Crippen molar-refractivity contribution in [2.75, 3.05) is 0 Å². The van der Waals surface area contributed by atoms with Gasteiger partial charge in [-0.2, -0.15) is 0 Å². The maximum absolute atomic E-state index is 8.72. The smallest absolute Gasteiger partial charge is 0.305 e. The lowest BCUT2D eigenvalue weighted by Crippen LogP contribution is -3.00. The quantitative estimate of drug-likeness (QED) is 0.247. The second-order valence-corrected chi connectivity index (χ2v) is 5.18. The third kappa shape index (κ3) is 5.73. The van der Waals surface area contributed by atoms with Crippen molar-refractivity contribution in [3.8, 4) is 11.8 Å². The number of ether oxygens (including phenoxy) is 1. The minimum Gasteiger partial charge on any atom is -1.00 e. The van der Waals surface area contributed by atoms with Crippen molar-refractivity contribution in [3.05, 3.63) is 54.1 Å². The third-order valence-corrected chi connectivity index (χ3v) is 3.54. The second-order valence-electron chi connectivity index (χ2n) is 5.18. The normalized spacial score (nSPS) is 11.6. The minimum atomic E-state index is 0. The molecule has 128 valence electrons. The molecule has 1 heterocycles. The molecule has 1 unspecified atom stereocenters. The van der Waals surface area contributed by atoms with Crippen molar-refractivity contribution in [2.45, 2.75) is 32.6 Å². The van der Waals surface area contributed by atoms with E-state index in [-0.39, 0.29) is 18.5 Å². The van der Waals surface area contributed by atoms with Gasteiger partial charge in [0.15, 0.2) is 12.9 Å². The maximum atomic E-state index is 8.72. The van der Waals surface area contributed by atoms with Crippen LogP contribution in [-0.2, 0) is 18.5 Å². The van der Waals surface area contributed by atoms with Crippen molar-refractivity contribution in [2.24, 2.45) is 12.2 Å². The summed E-state index contributed by atoms with van der Waals surface area (Å²) in [6, 6.07) is 9.93. The first-order valence-electron chi connectivity index (χ1n) is 7.62. The molecule has 1 aromatic carbocycles. The predicted molar refractivity (Wildman–Crippen MR) is 88.1 cm³/mol. The van der Waals surface area contributed by atoms with Crippen LogP contribution < -0.4 is 17.0 Å². The van der Waals surface area contributed by atoms with E-state index in [0.29, 0.717) is 13.2 Å². The summed E-state index contributed by atoms with van der Waals surface area (Å²) in [5, 5.41) is 11.8. The summed E-state index contributed by atoms with van der Waals surface area (Å²) in [6.07, 6.45) is 6.80. The van der Waals surface area contributed by atoms with Crippen LogP contribution in [-0.4, -0.2) is 22.1 Å². The number of halogens is 1. The van der Waals surface area contributed by atoms with Gasteiger partial charge in [-0.05, 0) is 18.6 Å². The molecule has 6 heteroatoms. The lowest BCUT2D eigenvalue weighted by Gasteiger charge is -2.11. The van der Waals surface area contributed by atoms with Gasteiger partial charge in [0.1, 0.15) is 12.4 Å². The fourth-order valence-corrected chi connectivity index (χ4v) is 2.16. The molecule has 0 aliphatic carbocycles. The number of rotatable bonds is 6. The number of hydrogen-bond donors (Lipinski definition) is 1. The highest BCUT2D eigenvalue weighted by atomic mass is 35.5. The van der Waals surface area contributed by atoms with Gasteiger partial charge in [0.25, 0.3) is 0 Å². The Morgan fingerprint density at radius 1 is 1.38 bits per heavy atom. The number of aryl methyl sites for hydroxylation is 1.